The van der Waals surface area contributed by atoms with Crippen molar-refractivity contribution in [1.82, 2.24) is 19.8 Å². The number of nitrogens with one attached hydrogen (secondary N) is 1. The zero-order chi connectivity index (χ0) is 30.5. The summed E-state index contributed by atoms with van der Waals surface area (Å²) >= 11 is 1.72. The smallest absolute Gasteiger partial charge is 0.415 e. The summed E-state index contributed by atoms with van der Waals surface area (Å²) in [7, 11) is 0. The van der Waals surface area contributed by atoms with E-state index in [2.05, 4.69) is 15.3 Å². The second-order valence-corrected chi connectivity index (χ2v) is 10.8. The SMILES string of the molecule is CCC(Nc1nc(N(CC)CC)ncc1N(CC)C(=O)N1CCSC1)C(=O)O.O=C(Oc1ccccc1)N1CCCC1. The van der Waals surface area contributed by atoms with Crippen LogP contribution in [0.5, 0.6) is 5.75 Å². The van der Waals surface area contributed by atoms with E-state index < -0.39 is 12.0 Å². The monoisotopic (exact) mass is 601 g/mol. The molecule has 1 aromatic carbocycles. The number of urea groups is 1. The molecule has 0 radical (unpaired) electrons. The topological polar surface area (TPSA) is 131 Å². The molecule has 2 aliphatic heterocycles. The van der Waals surface area contributed by atoms with Gasteiger partial charge in [-0.25, -0.2) is 19.4 Å². The predicted molar refractivity (Wildman–Crippen MR) is 167 cm³/mol. The average molecular weight is 602 g/mol. The Labute approximate surface area is 252 Å². The molecule has 1 unspecified atom stereocenters. The number of hydrogen-bond acceptors (Lipinski definition) is 9. The van der Waals surface area contributed by atoms with Crippen LogP contribution in [0.4, 0.5) is 27.0 Å². The van der Waals surface area contributed by atoms with E-state index in [4.69, 9.17) is 4.74 Å². The number of thioether (sulfide) groups is 1. The third-order valence-electron chi connectivity index (χ3n) is 6.99. The molecule has 0 spiro atoms. The Kier molecular flexibility index (Phi) is 13.0. The Balaban J connectivity index is 0.000000287. The number of aromatic nitrogens is 2. The van der Waals surface area contributed by atoms with Crippen molar-refractivity contribution in [3.63, 3.8) is 0 Å². The Morgan fingerprint density at radius 2 is 1.71 bits per heavy atom. The van der Waals surface area contributed by atoms with Crippen LogP contribution in [-0.2, 0) is 4.79 Å². The number of hydrogen-bond donors (Lipinski definition) is 2. The number of anilines is 3. The number of carboxylic acids is 1. The van der Waals surface area contributed by atoms with Gasteiger partial charge in [-0.15, -0.1) is 11.8 Å². The number of rotatable bonds is 10. The molecule has 4 rings (SSSR count). The molecule has 2 N–H and O–H groups in total. The maximum absolute atomic E-state index is 13.0. The lowest BCUT2D eigenvalue weighted by Crippen LogP contribution is -2.43. The molecule has 3 amide bonds. The summed E-state index contributed by atoms with van der Waals surface area (Å²) in [4.78, 5) is 52.2. The summed E-state index contributed by atoms with van der Waals surface area (Å²) in [6.45, 7) is 11.9. The van der Waals surface area contributed by atoms with Crippen LogP contribution in [-0.4, -0.2) is 99.9 Å². The van der Waals surface area contributed by atoms with E-state index in [1.807, 2.05) is 43.9 Å². The van der Waals surface area contributed by atoms with E-state index in [-0.39, 0.29) is 12.1 Å². The van der Waals surface area contributed by atoms with Crippen LogP contribution in [0.25, 0.3) is 0 Å². The van der Waals surface area contributed by atoms with Crippen LogP contribution in [0.1, 0.15) is 47.0 Å². The molecule has 0 bridgehead atoms. The molecule has 12 nitrogen and oxygen atoms in total. The van der Waals surface area contributed by atoms with Gasteiger partial charge in [0.05, 0.1) is 12.1 Å². The number of benzene rings is 1. The number of carbonyl (C=O) groups excluding carboxylic acids is 2. The van der Waals surface area contributed by atoms with Crippen LogP contribution < -0.4 is 19.9 Å². The first-order valence-electron chi connectivity index (χ1n) is 14.6. The fraction of sp³-hybridized carbons (Fsp3) is 0.552. The summed E-state index contributed by atoms with van der Waals surface area (Å²) in [5.74, 6) is 2.11. The van der Waals surface area contributed by atoms with Crippen molar-refractivity contribution in [2.45, 2.75) is 53.0 Å². The third kappa shape index (κ3) is 8.88. The number of carboxylic acid groups (broad SMARTS) is 1. The van der Waals surface area contributed by atoms with Crippen molar-refractivity contribution in [2.75, 3.05) is 66.0 Å². The first-order valence-corrected chi connectivity index (χ1v) is 15.8. The molecule has 3 heterocycles. The van der Waals surface area contributed by atoms with Gasteiger partial charge in [0.15, 0.2) is 5.82 Å². The number of nitrogens with zero attached hydrogens (tertiary/aromatic N) is 6. The minimum absolute atomic E-state index is 0.113. The fourth-order valence-electron chi connectivity index (χ4n) is 4.53. The van der Waals surface area contributed by atoms with Gasteiger partial charge in [-0.05, 0) is 52.2 Å². The zero-order valence-electron chi connectivity index (χ0n) is 25.0. The summed E-state index contributed by atoms with van der Waals surface area (Å²) in [6, 6.07) is 8.27. The van der Waals surface area contributed by atoms with Crippen molar-refractivity contribution in [3.05, 3.63) is 36.5 Å². The lowest BCUT2D eigenvalue weighted by Gasteiger charge is -2.29. The largest absolute Gasteiger partial charge is 0.480 e. The molecule has 0 saturated carbocycles. The highest BCUT2D eigenvalue weighted by Crippen LogP contribution is 2.28. The van der Waals surface area contributed by atoms with Crippen molar-refractivity contribution in [3.8, 4) is 5.75 Å². The average Bonchev–Trinajstić information content (AvgIpc) is 3.74. The first-order chi connectivity index (χ1) is 20.3. The number of aliphatic carboxylic acids is 1. The highest BCUT2D eigenvalue weighted by Gasteiger charge is 2.28. The Morgan fingerprint density at radius 1 is 1.02 bits per heavy atom. The lowest BCUT2D eigenvalue weighted by atomic mass is 10.2. The van der Waals surface area contributed by atoms with Gasteiger partial charge in [0.1, 0.15) is 17.5 Å². The van der Waals surface area contributed by atoms with Crippen LogP contribution in [0, 0.1) is 0 Å². The normalized spacial score (nSPS) is 15.0. The van der Waals surface area contributed by atoms with Gasteiger partial charge in [-0.1, -0.05) is 25.1 Å². The summed E-state index contributed by atoms with van der Waals surface area (Å²) in [5, 5.41) is 12.5. The van der Waals surface area contributed by atoms with E-state index in [0.29, 0.717) is 48.6 Å². The molecule has 2 aromatic rings. The quantitative estimate of drug-likeness (QED) is 0.390. The summed E-state index contributed by atoms with van der Waals surface area (Å²) in [5.41, 5.74) is 0.500. The Hall–Kier alpha value is -3.74. The van der Waals surface area contributed by atoms with E-state index >= 15 is 0 Å². The molecule has 230 valence electrons. The van der Waals surface area contributed by atoms with E-state index in [9.17, 15) is 19.5 Å². The third-order valence-corrected chi connectivity index (χ3v) is 7.96. The molecule has 2 fully saturated rings. The molecule has 1 atom stereocenters. The summed E-state index contributed by atoms with van der Waals surface area (Å²) < 4.78 is 5.19. The van der Waals surface area contributed by atoms with Crippen LogP contribution in [0.15, 0.2) is 36.5 Å². The van der Waals surface area contributed by atoms with E-state index in [1.54, 1.807) is 51.7 Å². The highest BCUT2D eigenvalue weighted by molar-refractivity contribution is 7.99. The van der Waals surface area contributed by atoms with Gasteiger partial charge in [0.25, 0.3) is 0 Å². The maximum atomic E-state index is 13.0. The number of carbonyl (C=O) groups is 3. The van der Waals surface area contributed by atoms with Gasteiger partial charge in [-0.2, -0.15) is 4.98 Å². The zero-order valence-corrected chi connectivity index (χ0v) is 25.8. The van der Waals surface area contributed by atoms with Crippen molar-refractivity contribution >= 4 is 47.3 Å². The van der Waals surface area contributed by atoms with E-state index in [0.717, 1.165) is 44.8 Å². The van der Waals surface area contributed by atoms with Gasteiger partial charge in [-0.3, -0.25) is 4.90 Å². The molecule has 0 aliphatic carbocycles. The van der Waals surface area contributed by atoms with Crippen molar-refractivity contribution in [1.29, 1.82) is 0 Å². The minimum atomic E-state index is -0.957. The lowest BCUT2D eigenvalue weighted by molar-refractivity contribution is -0.137. The maximum Gasteiger partial charge on any atom is 0.415 e. The Bertz CT molecular complexity index is 1160. The van der Waals surface area contributed by atoms with Gasteiger partial charge >= 0.3 is 18.1 Å². The van der Waals surface area contributed by atoms with Gasteiger partial charge < -0.3 is 29.9 Å². The molecule has 2 aliphatic rings. The van der Waals surface area contributed by atoms with Gasteiger partial charge in [0, 0.05) is 45.0 Å². The van der Waals surface area contributed by atoms with Crippen LogP contribution in [0.3, 0.4) is 0 Å². The Morgan fingerprint density at radius 3 is 2.26 bits per heavy atom. The van der Waals surface area contributed by atoms with Crippen LogP contribution >= 0.6 is 11.8 Å². The molecular formula is C29H43N7O5S. The molecule has 13 heteroatoms. The second kappa shape index (κ2) is 16.6. The molecule has 1 aromatic heterocycles. The standard InChI is InChI=1S/C18H30N6O3S.C11H13NO2/c1-5-13(16(25)26)20-15-14(11-19-17(21-15)22(6-2)7-3)24(8-4)18(27)23-9-10-28-12-23;13-11(12-8-4-5-9-12)14-10-6-2-1-3-7-10/h11,13H,5-10,12H2,1-4H3,(H,25,26)(H,19,20,21);1-3,6-7H,4-5,8-9H2. The molecule has 2 saturated heterocycles. The number of likely N-dealkylation sites (tertiary alicyclic amines) is 1. The van der Waals surface area contributed by atoms with Crippen molar-refractivity contribution in [2.24, 2.45) is 0 Å². The fourth-order valence-corrected chi connectivity index (χ4v) is 5.47. The second-order valence-electron chi connectivity index (χ2n) is 9.72. The minimum Gasteiger partial charge on any atom is -0.480 e. The molecular weight excluding hydrogens is 558 g/mol. The van der Waals surface area contributed by atoms with Crippen LogP contribution in [0.2, 0.25) is 0 Å². The first kappa shape index (κ1) is 32.8. The van der Waals surface area contributed by atoms with E-state index in [1.165, 1.54) is 0 Å². The highest BCUT2D eigenvalue weighted by atomic mass is 32.2. The number of ether oxygens (including phenoxy) is 1. The predicted octanol–water partition coefficient (Wildman–Crippen LogP) is 4.83. The van der Waals surface area contributed by atoms with Crippen molar-refractivity contribution < 1.29 is 24.2 Å². The number of para-hydroxylation sites is 1. The summed E-state index contributed by atoms with van der Waals surface area (Å²) in [6.07, 6.45) is 3.95. The van der Waals surface area contributed by atoms with Gasteiger partial charge in [0.2, 0.25) is 5.95 Å². The molecule has 42 heavy (non-hydrogen) atoms. The number of amides is 3.